The van der Waals surface area contributed by atoms with E-state index >= 15 is 4.79 Å². The van der Waals surface area contributed by atoms with Crippen LogP contribution >= 0.6 is 0 Å². The van der Waals surface area contributed by atoms with Gasteiger partial charge in [-0.1, -0.05) is 34.6 Å². The van der Waals surface area contributed by atoms with Crippen molar-refractivity contribution in [3.63, 3.8) is 0 Å². The summed E-state index contributed by atoms with van der Waals surface area (Å²) < 4.78 is 36.4. The molecular weight excluding hydrogens is 692 g/mol. The lowest BCUT2D eigenvalue weighted by Gasteiger charge is -2.65. The zero-order valence-corrected chi connectivity index (χ0v) is 32.0. The first-order valence-electron chi connectivity index (χ1n) is 18.8. The Morgan fingerprint density at radius 3 is 2.11 bits per heavy atom. The molecular formula is C39H52O14. The summed E-state index contributed by atoms with van der Waals surface area (Å²) in [4.78, 5) is 81.0. The average molecular weight is 745 g/mol. The second-order valence-electron chi connectivity index (χ2n) is 18.0. The van der Waals surface area contributed by atoms with Gasteiger partial charge in [0.1, 0.15) is 35.8 Å². The Bertz CT molecular complexity index is 1700. The Labute approximate surface area is 308 Å². The van der Waals surface area contributed by atoms with Crippen LogP contribution in [0, 0.1) is 57.7 Å². The van der Waals surface area contributed by atoms with Crippen LogP contribution in [-0.4, -0.2) is 93.7 Å². The van der Waals surface area contributed by atoms with Crippen LogP contribution in [-0.2, 0) is 57.2 Å². The van der Waals surface area contributed by atoms with Gasteiger partial charge in [-0.05, 0) is 50.0 Å². The first-order valence-corrected chi connectivity index (χ1v) is 18.8. The summed E-state index contributed by atoms with van der Waals surface area (Å²) in [7, 11) is 0. The molecule has 2 N–H and O–H groups in total. The highest BCUT2D eigenvalue weighted by atomic mass is 16.6. The molecule has 4 saturated carbocycles. The molecule has 0 bridgehead atoms. The van der Waals surface area contributed by atoms with Gasteiger partial charge in [0.05, 0.1) is 11.5 Å². The van der Waals surface area contributed by atoms with Gasteiger partial charge < -0.3 is 38.6 Å². The van der Waals surface area contributed by atoms with Gasteiger partial charge in [-0.25, -0.2) is 4.79 Å². The zero-order valence-electron chi connectivity index (χ0n) is 32.0. The number of ketones is 1. The molecule has 17 atom stereocenters. The van der Waals surface area contributed by atoms with E-state index in [-0.39, 0.29) is 30.9 Å². The van der Waals surface area contributed by atoms with Gasteiger partial charge in [-0.15, -0.1) is 0 Å². The van der Waals surface area contributed by atoms with E-state index in [0.717, 1.165) is 6.92 Å². The van der Waals surface area contributed by atoms with Gasteiger partial charge in [0.2, 0.25) is 5.78 Å². The van der Waals surface area contributed by atoms with Gasteiger partial charge in [-0.3, -0.25) is 24.0 Å². The molecule has 2 aliphatic heterocycles. The summed E-state index contributed by atoms with van der Waals surface area (Å²) in [5.41, 5.74) is -8.46. The minimum Gasteiger partial charge on any atom is -0.462 e. The fourth-order valence-electron chi connectivity index (χ4n) is 12.5. The summed E-state index contributed by atoms with van der Waals surface area (Å²) >= 11 is 0. The van der Waals surface area contributed by atoms with E-state index < -0.39 is 135 Å². The van der Waals surface area contributed by atoms with Gasteiger partial charge in [-0.2, -0.15) is 0 Å². The average Bonchev–Trinajstić information content (AvgIpc) is 3.69. The van der Waals surface area contributed by atoms with E-state index in [1.807, 2.05) is 27.7 Å². The second-order valence-corrected chi connectivity index (χ2v) is 18.0. The molecule has 2 heterocycles. The Kier molecular flexibility index (Phi) is 8.46. The smallest absolute Gasteiger partial charge is 0.343 e. The number of esters is 5. The third-order valence-corrected chi connectivity index (χ3v) is 14.8. The van der Waals surface area contributed by atoms with Gasteiger partial charge in [0.25, 0.3) is 0 Å². The van der Waals surface area contributed by atoms with E-state index in [9.17, 15) is 34.2 Å². The first-order chi connectivity index (χ1) is 24.5. The van der Waals surface area contributed by atoms with Crippen molar-refractivity contribution in [3.8, 4) is 0 Å². The Morgan fingerprint density at radius 1 is 0.906 bits per heavy atom. The van der Waals surface area contributed by atoms with Gasteiger partial charge >= 0.3 is 29.8 Å². The molecule has 0 aromatic heterocycles. The fraction of sp³-hybridized carbons (Fsp3) is 0.795. The number of carbonyl (C=O) groups excluding carboxylic acids is 6. The molecule has 292 valence electrons. The first kappa shape index (κ1) is 37.9. The molecule has 0 radical (unpaired) electrons. The van der Waals surface area contributed by atoms with E-state index in [0.29, 0.717) is 0 Å². The van der Waals surface area contributed by atoms with Crippen LogP contribution in [0.2, 0.25) is 0 Å². The zero-order chi connectivity index (χ0) is 39.1. The van der Waals surface area contributed by atoms with E-state index in [1.165, 1.54) is 20.8 Å². The summed E-state index contributed by atoms with van der Waals surface area (Å²) in [6.45, 7) is 16.0. The normalized spacial score (nSPS) is 50.2. The minimum atomic E-state index is -2.21. The highest BCUT2D eigenvalue weighted by Gasteiger charge is 2.84. The number of hydrogen-bond acceptors (Lipinski definition) is 14. The lowest BCUT2D eigenvalue weighted by Crippen LogP contribution is -2.77. The number of ether oxygens (including phenoxy) is 6. The molecule has 5 aliphatic carbocycles. The van der Waals surface area contributed by atoms with Crippen molar-refractivity contribution < 1.29 is 67.4 Å². The van der Waals surface area contributed by atoms with Crippen molar-refractivity contribution in [3.05, 3.63) is 11.8 Å². The SMILES string of the molecule is CC(=O)O[C@@H]1C2C3C(C[C@H](OC(C)=O)[C@]2(C)C2C1[C@]1(C)C(=C[C@H]2C)OC(=O)[C@@]1(C)O)[C@@]1(C)[C@@H](OC(=O)CC(C)C)[C@H]2O[C@H]2CC1(O)C(=O)[C@@H]3OC(C)=O. The molecule has 7 rings (SSSR count). The maximum Gasteiger partial charge on any atom is 0.343 e. The van der Waals surface area contributed by atoms with Gasteiger partial charge in [0, 0.05) is 62.2 Å². The predicted molar refractivity (Wildman–Crippen MR) is 180 cm³/mol. The molecule has 0 aromatic carbocycles. The van der Waals surface area contributed by atoms with Gasteiger partial charge in [0.15, 0.2) is 11.7 Å². The monoisotopic (exact) mass is 744 g/mol. The number of aliphatic hydroxyl groups is 2. The maximum atomic E-state index is 15.1. The number of carbonyl (C=O) groups is 6. The quantitative estimate of drug-likeness (QED) is 0.228. The maximum absolute atomic E-state index is 15.1. The molecule has 0 spiro atoms. The van der Waals surface area contributed by atoms with Crippen LogP contribution in [0.5, 0.6) is 0 Å². The van der Waals surface area contributed by atoms with Crippen molar-refractivity contribution in [2.24, 2.45) is 57.7 Å². The number of Topliss-reactive ketones (excluding diaryl/α,β-unsaturated/α-hetero) is 1. The lowest BCUT2D eigenvalue weighted by atomic mass is 9.40. The predicted octanol–water partition coefficient (Wildman–Crippen LogP) is 2.58. The second kappa shape index (κ2) is 11.8. The fourth-order valence-corrected chi connectivity index (χ4v) is 12.5. The van der Waals surface area contributed by atoms with E-state index in [4.69, 9.17) is 28.4 Å². The summed E-state index contributed by atoms with van der Waals surface area (Å²) in [5, 5.41) is 24.8. The van der Waals surface area contributed by atoms with Crippen LogP contribution in [0.25, 0.3) is 0 Å². The molecule has 6 fully saturated rings. The van der Waals surface area contributed by atoms with E-state index in [1.54, 1.807) is 19.9 Å². The lowest BCUT2D eigenvalue weighted by molar-refractivity contribution is -0.269. The largest absolute Gasteiger partial charge is 0.462 e. The standard InChI is InChI=1S/C39H52O14/c1-15(2)11-24(43)53-33-29-21(51-29)14-39(47)32(44)30(49-18(5)41)25-20(36(33,39)8)13-22(48-17(4)40)35(7)26-16(3)12-23-37(9,38(10,46)34(45)52-23)28(26)31(27(25)35)50-19(6)42/h12,15-16,20-22,25-31,33,46-47H,11,13-14H2,1-10H3/t16-,20?,21+,22+,25?,26?,27?,28?,29+,30-,31-,33+,35-,36+,37+,38-,39?/m1/s1. The van der Waals surface area contributed by atoms with E-state index in [2.05, 4.69) is 0 Å². The summed E-state index contributed by atoms with van der Waals surface area (Å²) in [6, 6.07) is 0. The van der Waals surface area contributed by atoms with Crippen molar-refractivity contribution in [2.45, 2.75) is 136 Å². The molecule has 2 saturated heterocycles. The third kappa shape index (κ3) is 4.85. The molecule has 7 aliphatic rings. The molecule has 6 unspecified atom stereocenters. The number of rotatable bonds is 6. The van der Waals surface area contributed by atoms with Crippen molar-refractivity contribution >= 4 is 35.6 Å². The number of fused-ring (bicyclic) bond motifs is 10. The molecule has 53 heavy (non-hydrogen) atoms. The molecule has 14 nitrogen and oxygen atoms in total. The Balaban J connectivity index is 1.49. The molecule has 0 amide bonds. The topological polar surface area (TPSA) is 202 Å². The van der Waals surface area contributed by atoms with Crippen molar-refractivity contribution in [2.75, 3.05) is 0 Å². The summed E-state index contributed by atoms with van der Waals surface area (Å²) in [5.74, 6) is -8.64. The van der Waals surface area contributed by atoms with Crippen LogP contribution in [0.15, 0.2) is 11.8 Å². The summed E-state index contributed by atoms with van der Waals surface area (Å²) in [6.07, 6.45) is -4.25. The number of allylic oxidation sites excluding steroid dienone is 1. The minimum absolute atomic E-state index is 0.0402. The molecule has 14 heteroatoms. The highest BCUT2D eigenvalue weighted by Crippen LogP contribution is 2.76. The number of hydrogen-bond donors (Lipinski definition) is 2. The Morgan fingerprint density at radius 2 is 1.53 bits per heavy atom. The third-order valence-electron chi connectivity index (χ3n) is 14.8. The van der Waals surface area contributed by atoms with Crippen LogP contribution in [0.3, 0.4) is 0 Å². The van der Waals surface area contributed by atoms with Crippen LogP contribution < -0.4 is 0 Å². The van der Waals surface area contributed by atoms with Crippen LogP contribution in [0.1, 0.15) is 88.5 Å². The van der Waals surface area contributed by atoms with Crippen molar-refractivity contribution in [1.29, 1.82) is 0 Å². The number of epoxide rings is 1. The highest BCUT2D eigenvalue weighted by molar-refractivity contribution is 5.95. The Hall–Kier alpha value is -3.36. The molecule has 0 aromatic rings. The van der Waals surface area contributed by atoms with Crippen LogP contribution in [0.4, 0.5) is 0 Å². The van der Waals surface area contributed by atoms with Crippen molar-refractivity contribution in [1.82, 2.24) is 0 Å².